The van der Waals surface area contributed by atoms with Crippen LogP contribution in [-0.2, 0) is 12.8 Å². The Bertz CT molecular complexity index is 582. The Morgan fingerprint density at radius 3 is 2.24 bits per heavy atom. The first-order valence-electron chi connectivity index (χ1n) is 8.44. The fourth-order valence-electron chi connectivity index (χ4n) is 3.47. The maximum absolute atomic E-state index is 2.45. The van der Waals surface area contributed by atoms with E-state index < -0.39 is 0 Å². The van der Waals surface area contributed by atoms with Gasteiger partial charge < -0.3 is 0 Å². The first-order chi connectivity index (χ1) is 10.3. The van der Waals surface area contributed by atoms with E-state index in [9.17, 15) is 0 Å². The molecule has 0 N–H and O–H groups in total. The molecule has 2 aromatic carbocycles. The van der Waals surface area contributed by atoms with Gasteiger partial charge in [-0.1, -0.05) is 62.4 Å². The van der Waals surface area contributed by atoms with Gasteiger partial charge in [-0.3, -0.25) is 0 Å². The predicted octanol–water partition coefficient (Wildman–Crippen LogP) is 5.86. The van der Waals surface area contributed by atoms with Crippen LogP contribution in [0.3, 0.4) is 0 Å². The molecule has 110 valence electrons. The molecular formula is C21H26. The molecule has 0 amide bonds. The predicted molar refractivity (Wildman–Crippen MR) is 91.0 cm³/mol. The van der Waals surface area contributed by atoms with Gasteiger partial charge in [0.25, 0.3) is 0 Å². The summed E-state index contributed by atoms with van der Waals surface area (Å²) in [5.41, 5.74) is 6.21. The van der Waals surface area contributed by atoms with Crippen molar-refractivity contribution in [3.05, 3.63) is 70.8 Å². The first kappa shape index (κ1) is 14.4. The molecule has 0 bridgehead atoms. The van der Waals surface area contributed by atoms with Crippen molar-refractivity contribution in [3.8, 4) is 0 Å². The number of hydrogen-bond acceptors (Lipinski definition) is 0. The van der Waals surface area contributed by atoms with Gasteiger partial charge in [0.1, 0.15) is 0 Å². The summed E-state index contributed by atoms with van der Waals surface area (Å²) in [6.45, 7) is 4.70. The maximum Gasteiger partial charge on any atom is -0.0164 e. The highest BCUT2D eigenvalue weighted by atomic mass is 14.2. The fraction of sp³-hybridized carbons (Fsp3) is 0.429. The molecule has 2 aromatic rings. The molecule has 3 rings (SSSR count). The van der Waals surface area contributed by atoms with Crippen molar-refractivity contribution in [2.45, 2.75) is 57.8 Å². The van der Waals surface area contributed by atoms with Crippen LogP contribution in [0.4, 0.5) is 0 Å². The van der Waals surface area contributed by atoms with E-state index in [1.54, 1.807) is 11.1 Å². The topological polar surface area (TPSA) is 0 Å². The number of benzene rings is 2. The van der Waals surface area contributed by atoms with E-state index in [2.05, 4.69) is 62.4 Å². The molecule has 1 aliphatic carbocycles. The second-order valence-electron chi connectivity index (χ2n) is 6.52. The summed E-state index contributed by atoms with van der Waals surface area (Å²) in [5, 5.41) is 0. The minimum absolute atomic E-state index is 0.675. The summed E-state index contributed by atoms with van der Waals surface area (Å²) in [7, 11) is 0. The van der Waals surface area contributed by atoms with Crippen LogP contribution in [-0.4, -0.2) is 0 Å². The van der Waals surface area contributed by atoms with E-state index in [4.69, 9.17) is 0 Å². The van der Waals surface area contributed by atoms with Gasteiger partial charge in [0.05, 0.1) is 0 Å². The molecule has 0 heterocycles. The lowest BCUT2D eigenvalue weighted by atomic mass is 9.82. The van der Waals surface area contributed by atoms with Crippen LogP contribution in [0.25, 0.3) is 0 Å². The van der Waals surface area contributed by atoms with Crippen LogP contribution in [0.1, 0.15) is 67.2 Å². The highest BCUT2D eigenvalue weighted by molar-refractivity contribution is 5.39. The van der Waals surface area contributed by atoms with E-state index in [-0.39, 0.29) is 0 Å². The Hall–Kier alpha value is -1.56. The molecule has 0 saturated heterocycles. The zero-order valence-corrected chi connectivity index (χ0v) is 13.3. The summed E-state index contributed by atoms with van der Waals surface area (Å²) in [6.07, 6.45) is 6.39. The van der Waals surface area contributed by atoms with Crippen molar-refractivity contribution >= 4 is 0 Å². The van der Waals surface area contributed by atoms with E-state index in [0.717, 1.165) is 0 Å². The summed E-state index contributed by atoms with van der Waals surface area (Å²) in [4.78, 5) is 0. The van der Waals surface area contributed by atoms with E-state index in [1.807, 2.05) is 0 Å². The molecule has 0 spiro atoms. The van der Waals surface area contributed by atoms with Gasteiger partial charge >= 0.3 is 0 Å². The lowest BCUT2D eigenvalue weighted by molar-refractivity contribution is 0.535. The van der Waals surface area contributed by atoms with Gasteiger partial charge in [-0.05, 0) is 66.2 Å². The Balaban J connectivity index is 1.61. The second-order valence-corrected chi connectivity index (χ2v) is 6.52. The summed E-state index contributed by atoms with van der Waals surface area (Å²) in [6, 6.07) is 18.2. The van der Waals surface area contributed by atoms with Crippen molar-refractivity contribution in [2.24, 2.45) is 0 Å². The van der Waals surface area contributed by atoms with Crippen LogP contribution in [0.5, 0.6) is 0 Å². The minimum atomic E-state index is 0.675. The lowest BCUT2D eigenvalue weighted by Gasteiger charge is -2.23. The van der Waals surface area contributed by atoms with Crippen molar-refractivity contribution in [3.63, 3.8) is 0 Å². The van der Waals surface area contributed by atoms with Crippen LogP contribution in [0.15, 0.2) is 48.5 Å². The first-order valence-corrected chi connectivity index (χ1v) is 8.44. The third-order valence-corrected chi connectivity index (χ3v) is 5.17. The normalized spacial score (nSPS) is 15.9. The lowest BCUT2D eigenvalue weighted by Crippen LogP contribution is -2.09. The minimum Gasteiger partial charge on any atom is -0.0648 e. The highest BCUT2D eigenvalue weighted by Crippen LogP contribution is 2.32. The number of hydrogen-bond donors (Lipinski definition) is 0. The molecule has 0 fully saturated rings. The largest absolute Gasteiger partial charge is 0.0648 e. The SMILES string of the molecule is CCC(CCC(C)c1ccc2c(c1)CC2)c1ccccc1. The summed E-state index contributed by atoms with van der Waals surface area (Å²) in [5.74, 6) is 1.38. The van der Waals surface area contributed by atoms with Gasteiger partial charge in [-0.2, -0.15) is 0 Å². The van der Waals surface area contributed by atoms with E-state index >= 15 is 0 Å². The Labute approximate surface area is 129 Å². The highest BCUT2D eigenvalue weighted by Gasteiger charge is 2.16. The molecule has 2 atom stereocenters. The average Bonchev–Trinajstić information content (AvgIpc) is 2.50. The molecular weight excluding hydrogens is 252 g/mol. The third-order valence-electron chi connectivity index (χ3n) is 5.17. The molecule has 21 heavy (non-hydrogen) atoms. The quantitative estimate of drug-likeness (QED) is 0.620. The molecule has 2 unspecified atom stereocenters. The zero-order valence-electron chi connectivity index (χ0n) is 13.3. The molecule has 0 nitrogen and oxygen atoms in total. The van der Waals surface area contributed by atoms with Crippen LogP contribution < -0.4 is 0 Å². The van der Waals surface area contributed by atoms with Crippen molar-refractivity contribution in [2.75, 3.05) is 0 Å². The molecule has 0 aromatic heterocycles. The van der Waals surface area contributed by atoms with E-state index in [0.29, 0.717) is 11.8 Å². The fourth-order valence-corrected chi connectivity index (χ4v) is 3.47. The van der Waals surface area contributed by atoms with Crippen LogP contribution in [0.2, 0.25) is 0 Å². The summed E-state index contributed by atoms with van der Waals surface area (Å²) < 4.78 is 0. The molecule has 0 heteroatoms. The van der Waals surface area contributed by atoms with E-state index in [1.165, 1.54) is 43.2 Å². The smallest absolute Gasteiger partial charge is 0.0164 e. The Morgan fingerprint density at radius 2 is 1.62 bits per heavy atom. The van der Waals surface area contributed by atoms with Crippen molar-refractivity contribution in [1.82, 2.24) is 0 Å². The standard InChI is InChI=1S/C21H26/c1-3-17(18-7-5-4-6-8-18)10-9-16(2)20-13-11-19-12-14-21(19)15-20/h4-8,11,13,15-17H,3,9-10,12,14H2,1-2H3. The van der Waals surface area contributed by atoms with Crippen molar-refractivity contribution < 1.29 is 0 Å². The van der Waals surface area contributed by atoms with Gasteiger partial charge in [0.15, 0.2) is 0 Å². The molecule has 1 aliphatic rings. The number of rotatable bonds is 6. The molecule has 0 radical (unpaired) electrons. The average molecular weight is 278 g/mol. The van der Waals surface area contributed by atoms with Gasteiger partial charge in [-0.15, -0.1) is 0 Å². The maximum atomic E-state index is 2.45. The zero-order chi connectivity index (χ0) is 14.7. The van der Waals surface area contributed by atoms with Gasteiger partial charge in [-0.25, -0.2) is 0 Å². The van der Waals surface area contributed by atoms with Crippen LogP contribution >= 0.6 is 0 Å². The number of aryl methyl sites for hydroxylation is 2. The van der Waals surface area contributed by atoms with Crippen molar-refractivity contribution in [1.29, 1.82) is 0 Å². The third kappa shape index (κ3) is 3.20. The summed E-state index contributed by atoms with van der Waals surface area (Å²) >= 11 is 0. The Kier molecular flexibility index (Phi) is 4.43. The Morgan fingerprint density at radius 1 is 0.857 bits per heavy atom. The molecule has 0 saturated carbocycles. The van der Waals surface area contributed by atoms with Gasteiger partial charge in [0, 0.05) is 0 Å². The second kappa shape index (κ2) is 6.47. The molecule has 0 aliphatic heterocycles. The van der Waals surface area contributed by atoms with Gasteiger partial charge in [0.2, 0.25) is 0 Å². The van der Waals surface area contributed by atoms with Crippen LogP contribution in [0, 0.1) is 0 Å². The monoisotopic (exact) mass is 278 g/mol. The number of fused-ring (bicyclic) bond motifs is 1.